The summed E-state index contributed by atoms with van der Waals surface area (Å²) in [5, 5.41) is 32.3. The number of nitrogens with two attached hydrogens (primary N) is 1. The second kappa shape index (κ2) is 20.3. The fourth-order valence-electron chi connectivity index (χ4n) is 4.30. The zero-order valence-electron chi connectivity index (χ0n) is 30.4. The second-order valence-electron chi connectivity index (χ2n) is 11.5. The van der Waals surface area contributed by atoms with Gasteiger partial charge in [-0.1, -0.05) is 25.1 Å². The number of ether oxygens (including phenoxy) is 2. The molecule has 1 heterocycles. The van der Waals surface area contributed by atoms with Crippen molar-refractivity contribution in [1.29, 1.82) is 5.41 Å². The number of carboxylic acids is 2. The molecule has 0 fully saturated rings. The average Bonchev–Trinajstić information content (AvgIpc) is 3.52. The Kier molecular flexibility index (Phi) is 16.6. The van der Waals surface area contributed by atoms with E-state index in [-0.39, 0.29) is 41.0 Å². The molecule has 0 aliphatic carbocycles. The number of aliphatic carboxylic acids is 2. The number of anilines is 2. The molecular weight excluding hydrogens is 781 g/mol. The molecule has 0 spiro atoms. The fraction of sp³-hybridized carbons (Fsp3) is 0.294. The number of para-hydroxylation sites is 2. The largest absolute Gasteiger partial charge is 0.490 e. The molecule has 0 aliphatic heterocycles. The van der Waals surface area contributed by atoms with E-state index in [0.29, 0.717) is 24.2 Å². The molecule has 0 saturated heterocycles. The summed E-state index contributed by atoms with van der Waals surface area (Å²) in [7, 11) is 5.03. The molecule has 0 bridgehead atoms. The SMILES string of the molecule is CCc1cc(OCCN(C)C)c(F)c(C(Nc2ccc(C(=N)N)cc2)c2nn(-c3ccccc3NC(=O)OC)c(=O)[nH]2)c1.O=C(O)C(F)(F)F.O=C(O)C(F)(F)F. The highest BCUT2D eigenvalue weighted by atomic mass is 19.4. The average molecular weight is 819 g/mol. The number of benzene rings is 3. The third-order valence-corrected chi connectivity index (χ3v) is 7.10. The Morgan fingerprint density at radius 1 is 1.00 bits per heavy atom. The molecule has 0 aliphatic rings. The molecule has 8 N–H and O–H groups in total. The van der Waals surface area contributed by atoms with Gasteiger partial charge in [-0.15, -0.1) is 5.10 Å². The van der Waals surface area contributed by atoms with Gasteiger partial charge in [-0.3, -0.25) is 15.7 Å². The van der Waals surface area contributed by atoms with Crippen LogP contribution < -0.4 is 26.8 Å². The van der Waals surface area contributed by atoms with E-state index in [2.05, 4.69) is 20.7 Å². The topological polar surface area (TPSA) is 238 Å². The van der Waals surface area contributed by atoms with Crippen molar-refractivity contribution < 1.29 is 64.8 Å². The van der Waals surface area contributed by atoms with Crippen molar-refractivity contribution >= 4 is 35.2 Å². The third-order valence-electron chi connectivity index (χ3n) is 7.10. The molecule has 0 radical (unpaired) electrons. The lowest BCUT2D eigenvalue weighted by Gasteiger charge is -2.22. The van der Waals surface area contributed by atoms with Gasteiger partial charge >= 0.3 is 36.1 Å². The predicted octanol–water partition coefficient (Wildman–Crippen LogP) is 5.13. The monoisotopic (exact) mass is 818 g/mol. The lowest BCUT2D eigenvalue weighted by Crippen LogP contribution is -2.21. The van der Waals surface area contributed by atoms with E-state index in [1.54, 1.807) is 60.7 Å². The van der Waals surface area contributed by atoms with Gasteiger partial charge in [0.2, 0.25) is 0 Å². The number of hydrogen-bond acceptors (Lipinski definition) is 10. The van der Waals surface area contributed by atoms with Crippen molar-refractivity contribution in [3.8, 4) is 11.4 Å². The number of halogens is 7. The molecule has 1 unspecified atom stereocenters. The minimum Gasteiger partial charge on any atom is -0.489 e. The van der Waals surface area contributed by atoms with Crippen LogP contribution in [-0.2, 0) is 20.7 Å². The molecule has 0 saturated carbocycles. The van der Waals surface area contributed by atoms with Crippen LogP contribution in [0, 0.1) is 11.2 Å². The predicted molar refractivity (Wildman–Crippen MR) is 190 cm³/mol. The molecule has 57 heavy (non-hydrogen) atoms. The summed E-state index contributed by atoms with van der Waals surface area (Å²) in [4.78, 5) is 47.6. The van der Waals surface area contributed by atoms with Crippen LogP contribution in [0.15, 0.2) is 65.5 Å². The summed E-state index contributed by atoms with van der Waals surface area (Å²) in [6.45, 7) is 2.81. The number of nitrogens with one attached hydrogen (secondary N) is 4. The lowest BCUT2D eigenvalue weighted by molar-refractivity contribution is -0.193. The van der Waals surface area contributed by atoms with Crippen LogP contribution in [0.2, 0.25) is 0 Å². The van der Waals surface area contributed by atoms with Gasteiger partial charge in [-0.25, -0.2) is 23.6 Å². The molecule has 23 heteroatoms. The smallest absolute Gasteiger partial charge is 0.489 e. The summed E-state index contributed by atoms with van der Waals surface area (Å²) >= 11 is 0. The zero-order chi connectivity index (χ0) is 43.2. The molecule has 310 valence electrons. The van der Waals surface area contributed by atoms with Gasteiger partial charge < -0.3 is 35.6 Å². The number of hydrogen-bond donors (Lipinski definition) is 7. The van der Waals surface area contributed by atoms with E-state index in [0.717, 1.165) is 10.2 Å². The van der Waals surface area contributed by atoms with Crippen LogP contribution >= 0.6 is 0 Å². The molecule has 1 amide bonds. The van der Waals surface area contributed by atoms with Crippen LogP contribution in [0.3, 0.4) is 0 Å². The zero-order valence-corrected chi connectivity index (χ0v) is 30.4. The van der Waals surface area contributed by atoms with Crippen molar-refractivity contribution in [2.24, 2.45) is 5.73 Å². The number of nitrogen functional groups attached to an aromatic ring is 1. The number of methoxy groups -OCH3 is 1. The molecule has 4 aromatic rings. The van der Waals surface area contributed by atoms with Gasteiger partial charge in [0.1, 0.15) is 18.5 Å². The minimum absolute atomic E-state index is 0.0873. The van der Waals surface area contributed by atoms with Crippen LogP contribution in [-0.4, -0.2) is 100 Å². The van der Waals surface area contributed by atoms with E-state index in [1.807, 2.05) is 25.9 Å². The number of rotatable bonds is 12. The number of likely N-dealkylation sites (N-methyl/N-ethyl adjacent to an activating group) is 1. The molecule has 16 nitrogen and oxygen atoms in total. The molecular formula is C34H37F7N8O8. The van der Waals surface area contributed by atoms with E-state index in [1.165, 1.54) is 7.11 Å². The minimum atomic E-state index is -5.08. The van der Waals surface area contributed by atoms with Crippen LogP contribution in [0.1, 0.15) is 35.5 Å². The molecule has 4 rings (SSSR count). The number of aromatic nitrogens is 3. The Morgan fingerprint density at radius 3 is 2.05 bits per heavy atom. The first-order valence-corrected chi connectivity index (χ1v) is 16.0. The highest BCUT2D eigenvalue weighted by Crippen LogP contribution is 2.33. The quantitative estimate of drug-likeness (QED) is 0.0560. The highest BCUT2D eigenvalue weighted by molar-refractivity contribution is 5.95. The molecule has 3 aromatic carbocycles. The summed E-state index contributed by atoms with van der Waals surface area (Å²) < 4.78 is 91.3. The number of alkyl halides is 6. The Balaban J connectivity index is 0.000000682. The lowest BCUT2D eigenvalue weighted by atomic mass is 10.00. The number of carbonyl (C=O) groups is 3. The number of carboxylic acid groups (broad SMARTS) is 2. The number of nitrogens with zero attached hydrogens (tertiary/aromatic N) is 3. The standard InChI is InChI=1S/C30H35FN8O4.2C2HF3O2/c1-5-18-16-21(25(31)24(17-18)43-15-14-38(2)3)26(34-20-12-10-19(11-13-20)27(32)33)28-36-29(40)39(37-28)23-9-7-6-8-22(23)35-30(41)42-4;2*3-2(4,5)1(6)7/h6-13,16-17,26,34H,5,14-15H2,1-4H3,(H3,32,33)(H,35,41)(H,36,37,40);2*(H,6,7). The molecule has 1 aromatic heterocycles. The highest BCUT2D eigenvalue weighted by Gasteiger charge is 2.39. The number of amides is 1. The maximum absolute atomic E-state index is 16.2. The van der Waals surface area contributed by atoms with Crippen molar-refractivity contribution in [1.82, 2.24) is 19.7 Å². The number of carbonyl (C=O) groups excluding carboxylic acids is 1. The molecule has 1 atom stereocenters. The fourth-order valence-corrected chi connectivity index (χ4v) is 4.30. The summed E-state index contributed by atoms with van der Waals surface area (Å²) in [5.41, 5.74) is 7.68. The third kappa shape index (κ3) is 14.2. The van der Waals surface area contributed by atoms with Gasteiger partial charge in [0.15, 0.2) is 17.4 Å². The maximum Gasteiger partial charge on any atom is 0.490 e. The van der Waals surface area contributed by atoms with Gasteiger partial charge in [-0.2, -0.15) is 31.0 Å². The first-order valence-electron chi connectivity index (χ1n) is 16.0. The Morgan fingerprint density at radius 2 is 1.56 bits per heavy atom. The van der Waals surface area contributed by atoms with E-state index in [9.17, 15) is 35.9 Å². The number of H-pyrrole nitrogens is 1. The first kappa shape index (κ1) is 46.5. The van der Waals surface area contributed by atoms with Gasteiger partial charge in [-0.05, 0) is 68.5 Å². The first-order chi connectivity index (χ1) is 26.5. The number of aromatic amines is 1. The van der Waals surface area contributed by atoms with Crippen LogP contribution in [0.5, 0.6) is 5.75 Å². The van der Waals surface area contributed by atoms with Crippen molar-refractivity contribution in [2.45, 2.75) is 31.7 Å². The summed E-state index contributed by atoms with van der Waals surface area (Å²) in [6.07, 6.45) is -10.3. The van der Waals surface area contributed by atoms with Gasteiger partial charge in [0.05, 0.1) is 18.5 Å². The van der Waals surface area contributed by atoms with Crippen molar-refractivity contribution in [3.63, 3.8) is 0 Å². The number of aryl methyl sites for hydroxylation is 1. The van der Waals surface area contributed by atoms with E-state index < -0.39 is 47.9 Å². The normalized spacial score (nSPS) is 11.6. The van der Waals surface area contributed by atoms with Crippen molar-refractivity contribution in [3.05, 3.63) is 99.5 Å². The Labute approximate surface area is 318 Å². The Bertz CT molecular complexity index is 2040. The van der Waals surface area contributed by atoms with Gasteiger partial charge in [0, 0.05) is 23.4 Å². The maximum atomic E-state index is 16.2. The van der Waals surface area contributed by atoms with Crippen LogP contribution in [0.4, 0.5) is 46.9 Å². The van der Waals surface area contributed by atoms with E-state index in [4.69, 9.17) is 40.4 Å². The van der Waals surface area contributed by atoms with E-state index >= 15 is 4.39 Å². The van der Waals surface area contributed by atoms with Gasteiger partial charge in [0.25, 0.3) is 0 Å². The number of amidine groups is 1. The second-order valence-corrected chi connectivity index (χ2v) is 11.5. The Hall–Kier alpha value is -6.65. The summed E-state index contributed by atoms with van der Waals surface area (Å²) in [6, 6.07) is 15.7. The summed E-state index contributed by atoms with van der Waals surface area (Å²) in [5.74, 6) is -6.01. The van der Waals surface area contributed by atoms with Crippen molar-refractivity contribution in [2.75, 3.05) is 45.0 Å². The van der Waals surface area contributed by atoms with Crippen LogP contribution in [0.25, 0.3) is 5.69 Å².